The van der Waals surface area contributed by atoms with Crippen LogP contribution in [0.2, 0.25) is 0 Å². The van der Waals surface area contributed by atoms with E-state index in [4.69, 9.17) is 0 Å². The van der Waals surface area contributed by atoms with Crippen LogP contribution in [0, 0.1) is 20.8 Å². The standard InChI is InChI=1S/C17H19N5O4S/c1-5-21(14-12(4)10(2)6-7-13(14)15(23)24)27(25,26)17-19-16-18-9-8-11(3)22(16)20-17/h6-9H,5H2,1-4H3,(H,23,24). The van der Waals surface area contributed by atoms with Crippen molar-refractivity contribution in [3.8, 4) is 0 Å². The van der Waals surface area contributed by atoms with Crippen molar-refractivity contribution in [1.82, 2.24) is 19.6 Å². The summed E-state index contributed by atoms with van der Waals surface area (Å²) in [7, 11) is -4.19. The van der Waals surface area contributed by atoms with Crippen LogP contribution in [-0.4, -0.2) is 45.6 Å². The van der Waals surface area contributed by atoms with Crippen molar-refractivity contribution in [3.63, 3.8) is 0 Å². The second-order valence-corrected chi connectivity index (χ2v) is 7.83. The van der Waals surface area contributed by atoms with Crippen LogP contribution in [0.25, 0.3) is 5.78 Å². The van der Waals surface area contributed by atoms with Crippen molar-refractivity contribution >= 4 is 27.5 Å². The smallest absolute Gasteiger partial charge is 0.337 e. The fraction of sp³-hybridized carbons (Fsp3) is 0.294. The highest BCUT2D eigenvalue weighted by Gasteiger charge is 2.32. The molecular weight excluding hydrogens is 370 g/mol. The maximum Gasteiger partial charge on any atom is 0.337 e. The van der Waals surface area contributed by atoms with Gasteiger partial charge >= 0.3 is 16.0 Å². The van der Waals surface area contributed by atoms with Gasteiger partial charge in [0, 0.05) is 18.4 Å². The summed E-state index contributed by atoms with van der Waals surface area (Å²) in [5, 5.41) is 13.2. The Bertz CT molecular complexity index is 1150. The van der Waals surface area contributed by atoms with Crippen molar-refractivity contribution in [1.29, 1.82) is 0 Å². The zero-order valence-electron chi connectivity index (χ0n) is 15.3. The number of benzene rings is 1. The molecule has 0 bridgehead atoms. The highest BCUT2D eigenvalue weighted by molar-refractivity contribution is 7.92. The van der Waals surface area contributed by atoms with Gasteiger partial charge in [-0.15, -0.1) is 5.10 Å². The van der Waals surface area contributed by atoms with Gasteiger partial charge in [0.25, 0.3) is 10.9 Å². The lowest BCUT2D eigenvalue weighted by atomic mass is 10.0. The molecule has 142 valence electrons. The lowest BCUT2D eigenvalue weighted by Gasteiger charge is -2.25. The predicted molar refractivity (Wildman–Crippen MR) is 98.6 cm³/mol. The lowest BCUT2D eigenvalue weighted by molar-refractivity contribution is 0.0697. The average molecular weight is 389 g/mol. The number of sulfonamides is 1. The number of hydrogen-bond acceptors (Lipinski definition) is 6. The molecule has 0 spiro atoms. The maximum absolute atomic E-state index is 13.3. The van der Waals surface area contributed by atoms with Crippen LogP contribution < -0.4 is 4.31 Å². The third-order valence-corrected chi connectivity index (χ3v) is 6.06. The molecule has 0 radical (unpaired) electrons. The van der Waals surface area contributed by atoms with Gasteiger partial charge in [0.1, 0.15) is 0 Å². The van der Waals surface area contributed by atoms with Gasteiger partial charge in [-0.2, -0.15) is 13.4 Å². The van der Waals surface area contributed by atoms with Crippen LogP contribution in [0.3, 0.4) is 0 Å². The van der Waals surface area contributed by atoms with E-state index in [1.165, 1.54) is 16.8 Å². The van der Waals surface area contributed by atoms with Crippen molar-refractivity contribution in [3.05, 3.63) is 46.8 Å². The molecule has 2 aromatic heterocycles. The Balaban J connectivity index is 2.24. The largest absolute Gasteiger partial charge is 0.478 e. The zero-order chi connectivity index (χ0) is 19.9. The summed E-state index contributed by atoms with van der Waals surface area (Å²) in [5.74, 6) is -1.05. The molecule has 3 rings (SSSR count). The second kappa shape index (κ2) is 6.62. The summed E-state index contributed by atoms with van der Waals surface area (Å²) < 4.78 is 28.9. The molecule has 0 unspecified atom stereocenters. The fourth-order valence-corrected chi connectivity index (χ4v) is 4.23. The number of nitrogens with zero attached hydrogens (tertiary/aromatic N) is 5. The predicted octanol–water partition coefficient (Wildman–Crippen LogP) is 1.96. The van der Waals surface area contributed by atoms with Gasteiger partial charge in [-0.3, -0.25) is 4.31 Å². The van der Waals surface area contributed by atoms with E-state index in [9.17, 15) is 18.3 Å². The molecule has 3 aromatic rings. The molecule has 0 aliphatic carbocycles. The minimum Gasteiger partial charge on any atom is -0.478 e. The van der Waals surface area contributed by atoms with Gasteiger partial charge < -0.3 is 5.11 Å². The molecule has 10 heteroatoms. The van der Waals surface area contributed by atoms with E-state index >= 15 is 0 Å². The van der Waals surface area contributed by atoms with Crippen LogP contribution in [0.1, 0.15) is 34.1 Å². The van der Waals surface area contributed by atoms with Gasteiger partial charge in [-0.05, 0) is 51.0 Å². The Kier molecular flexibility index (Phi) is 4.60. The quantitative estimate of drug-likeness (QED) is 0.708. The molecule has 2 heterocycles. The Labute approximate surface area is 156 Å². The first-order valence-corrected chi connectivity index (χ1v) is 9.67. The number of aromatic carboxylic acids is 1. The maximum atomic E-state index is 13.3. The number of aryl methyl sites for hydroxylation is 2. The monoisotopic (exact) mass is 389 g/mol. The molecule has 1 aromatic carbocycles. The number of hydrogen-bond donors (Lipinski definition) is 1. The number of rotatable bonds is 5. The third-order valence-electron chi connectivity index (χ3n) is 4.40. The summed E-state index contributed by atoms with van der Waals surface area (Å²) in [6, 6.07) is 4.74. The number of carboxylic acid groups (broad SMARTS) is 1. The molecule has 0 amide bonds. The highest BCUT2D eigenvalue weighted by Crippen LogP contribution is 2.31. The fourth-order valence-electron chi connectivity index (χ4n) is 2.84. The summed E-state index contributed by atoms with van der Waals surface area (Å²) in [6.07, 6.45) is 1.51. The van der Waals surface area contributed by atoms with E-state index in [0.717, 1.165) is 9.87 Å². The summed E-state index contributed by atoms with van der Waals surface area (Å²) >= 11 is 0. The lowest BCUT2D eigenvalue weighted by Crippen LogP contribution is -2.33. The van der Waals surface area contributed by atoms with Crippen LogP contribution in [0.5, 0.6) is 0 Å². The molecule has 0 saturated heterocycles. The number of carboxylic acids is 1. The van der Waals surface area contributed by atoms with Crippen molar-refractivity contribution in [2.24, 2.45) is 0 Å². The Morgan fingerprint density at radius 1 is 1.22 bits per heavy atom. The van der Waals surface area contributed by atoms with Crippen molar-refractivity contribution < 1.29 is 18.3 Å². The minimum absolute atomic E-state index is 0.0227. The summed E-state index contributed by atoms with van der Waals surface area (Å²) in [5.41, 5.74) is 2.05. The van der Waals surface area contributed by atoms with E-state index < -0.39 is 21.1 Å². The Hall–Kier alpha value is -3.01. The summed E-state index contributed by atoms with van der Waals surface area (Å²) in [6.45, 7) is 6.89. The number of fused-ring (bicyclic) bond motifs is 1. The first-order chi connectivity index (χ1) is 12.7. The number of aromatic nitrogens is 4. The highest BCUT2D eigenvalue weighted by atomic mass is 32.2. The average Bonchev–Trinajstić information content (AvgIpc) is 3.05. The third kappa shape index (κ3) is 3.01. The van der Waals surface area contributed by atoms with Gasteiger partial charge in [-0.1, -0.05) is 6.07 Å². The van der Waals surface area contributed by atoms with Crippen LogP contribution in [0.4, 0.5) is 5.69 Å². The van der Waals surface area contributed by atoms with E-state index in [1.54, 1.807) is 39.8 Å². The molecular formula is C17H19N5O4S. The van der Waals surface area contributed by atoms with Crippen LogP contribution in [0.15, 0.2) is 29.6 Å². The number of carbonyl (C=O) groups is 1. The van der Waals surface area contributed by atoms with Crippen LogP contribution >= 0.6 is 0 Å². The van der Waals surface area contributed by atoms with Gasteiger partial charge in [-0.25, -0.2) is 14.3 Å². The first kappa shape index (κ1) is 18.8. The molecule has 0 fully saturated rings. The zero-order valence-corrected chi connectivity index (χ0v) is 16.1. The van der Waals surface area contributed by atoms with Crippen molar-refractivity contribution in [2.45, 2.75) is 32.9 Å². The molecule has 9 nitrogen and oxygen atoms in total. The molecule has 0 saturated carbocycles. The van der Waals surface area contributed by atoms with Crippen LogP contribution in [-0.2, 0) is 10.0 Å². The van der Waals surface area contributed by atoms with Gasteiger partial charge in [0.05, 0.1) is 11.3 Å². The SMILES string of the molecule is CCN(c1c(C(=O)O)ccc(C)c1C)S(=O)(=O)c1nc2nccc(C)n2n1. The molecule has 0 aliphatic rings. The Morgan fingerprint density at radius 3 is 2.52 bits per heavy atom. The molecule has 0 atom stereocenters. The van der Waals surface area contributed by atoms with Gasteiger partial charge in [0.15, 0.2) is 0 Å². The molecule has 0 aliphatic heterocycles. The molecule has 1 N–H and O–H groups in total. The van der Waals surface area contributed by atoms with E-state index in [2.05, 4.69) is 15.1 Å². The van der Waals surface area contributed by atoms with E-state index in [0.29, 0.717) is 11.3 Å². The second-order valence-electron chi connectivity index (χ2n) is 6.07. The van der Waals surface area contributed by atoms with Crippen molar-refractivity contribution in [2.75, 3.05) is 10.8 Å². The van der Waals surface area contributed by atoms with Gasteiger partial charge in [0.2, 0.25) is 0 Å². The topological polar surface area (TPSA) is 118 Å². The Morgan fingerprint density at radius 2 is 1.93 bits per heavy atom. The number of anilines is 1. The first-order valence-electron chi connectivity index (χ1n) is 8.23. The van der Waals surface area contributed by atoms with E-state index in [1.807, 2.05) is 0 Å². The summed E-state index contributed by atoms with van der Waals surface area (Å²) in [4.78, 5) is 19.7. The normalized spacial score (nSPS) is 11.7. The molecule has 27 heavy (non-hydrogen) atoms. The minimum atomic E-state index is -4.19. The van der Waals surface area contributed by atoms with E-state index in [-0.39, 0.29) is 23.6 Å².